The van der Waals surface area contributed by atoms with Gasteiger partial charge in [0.15, 0.2) is 5.76 Å². The summed E-state index contributed by atoms with van der Waals surface area (Å²) in [5.41, 5.74) is 0.428. The number of rotatable bonds is 11. The van der Waals surface area contributed by atoms with Crippen molar-refractivity contribution in [2.24, 2.45) is 0 Å². The second-order valence-electron chi connectivity index (χ2n) is 7.26. The first-order chi connectivity index (χ1) is 16.2. The van der Waals surface area contributed by atoms with E-state index in [1.54, 1.807) is 30.3 Å². The molecule has 0 spiro atoms. The van der Waals surface area contributed by atoms with Crippen LogP contribution in [-0.2, 0) is 9.53 Å². The Hall–Kier alpha value is -4.34. The summed E-state index contributed by atoms with van der Waals surface area (Å²) in [6, 6.07) is 12.7. The number of hydrogen-bond acceptors (Lipinski definition) is 7. The largest absolute Gasteiger partial charge is 0.460 e. The fourth-order valence-electron chi connectivity index (χ4n) is 3.09. The zero-order chi connectivity index (χ0) is 24.7. The summed E-state index contributed by atoms with van der Waals surface area (Å²) in [5.74, 6) is -4.71. The van der Waals surface area contributed by atoms with Crippen LogP contribution in [0.4, 0.5) is 30.2 Å². The van der Waals surface area contributed by atoms with Crippen molar-refractivity contribution >= 4 is 34.8 Å². The Balaban J connectivity index is 1.75. The van der Waals surface area contributed by atoms with Gasteiger partial charge >= 0.3 is 0 Å². The van der Waals surface area contributed by atoms with Crippen molar-refractivity contribution in [1.82, 2.24) is 0 Å². The molecule has 1 aliphatic rings. The second-order valence-corrected chi connectivity index (χ2v) is 7.26. The summed E-state index contributed by atoms with van der Waals surface area (Å²) >= 11 is 0. The molecule has 0 atom stereocenters. The van der Waals surface area contributed by atoms with E-state index in [4.69, 9.17) is 15.6 Å². The highest BCUT2D eigenvalue weighted by atomic mass is 19.3. The molecule has 0 amide bonds. The number of nitrogens with zero attached hydrogens (tertiary/aromatic N) is 1. The molecule has 34 heavy (non-hydrogen) atoms. The van der Waals surface area contributed by atoms with E-state index in [2.05, 4.69) is 17.2 Å². The van der Waals surface area contributed by atoms with Crippen molar-refractivity contribution in [3.8, 4) is 0 Å². The molecule has 1 fully saturated rings. The van der Waals surface area contributed by atoms with Crippen molar-refractivity contribution in [2.45, 2.75) is 5.92 Å². The third-order valence-electron chi connectivity index (χ3n) is 4.75. The number of benzene rings is 2. The molecule has 4 N–H and O–H groups in total. The molecule has 2 aromatic carbocycles. The Morgan fingerprint density at radius 3 is 2.47 bits per heavy atom. The molecule has 0 bridgehead atoms. The first-order valence-electron chi connectivity index (χ1n) is 10.1. The molecule has 2 aromatic rings. The monoisotopic (exact) mass is 469 g/mol. The lowest BCUT2D eigenvalue weighted by atomic mass is 10.1. The van der Waals surface area contributed by atoms with Crippen LogP contribution < -0.4 is 15.5 Å². The fraction of sp³-hybridized carbons (Fsp3) is 0.125. The van der Waals surface area contributed by atoms with Gasteiger partial charge in [0.05, 0.1) is 30.7 Å². The normalized spacial score (nSPS) is 15.1. The average Bonchev–Trinajstić information content (AvgIpc) is 2.80. The van der Waals surface area contributed by atoms with E-state index in [9.17, 15) is 18.0 Å². The van der Waals surface area contributed by atoms with Gasteiger partial charge in [0, 0.05) is 23.8 Å². The van der Waals surface area contributed by atoms with Gasteiger partial charge < -0.3 is 25.7 Å². The van der Waals surface area contributed by atoms with Crippen LogP contribution in [0.25, 0.3) is 0 Å². The molecule has 0 saturated carbocycles. The van der Waals surface area contributed by atoms with Crippen LogP contribution in [0.2, 0.25) is 0 Å². The van der Waals surface area contributed by atoms with E-state index in [0.29, 0.717) is 11.4 Å². The van der Waals surface area contributed by atoms with Crippen LogP contribution in [0.15, 0.2) is 85.1 Å². The van der Waals surface area contributed by atoms with E-state index in [0.717, 1.165) is 24.7 Å². The summed E-state index contributed by atoms with van der Waals surface area (Å²) in [7, 11) is 0. The van der Waals surface area contributed by atoms with Gasteiger partial charge in [0.25, 0.3) is 5.92 Å². The van der Waals surface area contributed by atoms with Crippen molar-refractivity contribution in [1.29, 1.82) is 10.8 Å². The maximum atomic E-state index is 14.5. The predicted octanol–water partition coefficient (Wildman–Crippen LogP) is 4.93. The lowest BCUT2D eigenvalue weighted by Crippen LogP contribution is -2.56. The molecule has 176 valence electrons. The third-order valence-corrected chi connectivity index (χ3v) is 4.75. The van der Waals surface area contributed by atoms with E-state index >= 15 is 0 Å². The van der Waals surface area contributed by atoms with E-state index in [-0.39, 0.29) is 17.1 Å². The Morgan fingerprint density at radius 2 is 1.88 bits per heavy atom. The smallest absolute Gasteiger partial charge is 0.282 e. The molecule has 3 rings (SSSR count). The molecule has 10 heteroatoms. The summed E-state index contributed by atoms with van der Waals surface area (Å²) in [5, 5.41) is 21.1. The van der Waals surface area contributed by atoms with E-state index < -0.39 is 36.3 Å². The van der Waals surface area contributed by atoms with Crippen LogP contribution >= 0.6 is 0 Å². The average molecular weight is 469 g/mol. The molecule has 0 radical (unpaired) electrons. The van der Waals surface area contributed by atoms with Crippen molar-refractivity contribution in [2.75, 3.05) is 28.6 Å². The maximum absolute atomic E-state index is 14.5. The molecule has 1 aliphatic heterocycles. The first-order valence-corrected chi connectivity index (χ1v) is 10.1. The molecule has 1 heterocycles. The van der Waals surface area contributed by atoms with Gasteiger partial charge in [-0.05, 0) is 36.4 Å². The van der Waals surface area contributed by atoms with Crippen molar-refractivity contribution in [3.63, 3.8) is 0 Å². The zero-order valence-electron chi connectivity index (χ0n) is 17.9. The zero-order valence-corrected chi connectivity index (χ0v) is 17.9. The summed E-state index contributed by atoms with van der Waals surface area (Å²) in [4.78, 5) is 14.2. The Morgan fingerprint density at radius 1 is 1.18 bits per heavy atom. The highest BCUT2D eigenvalue weighted by Crippen LogP contribution is 2.33. The number of para-hydroxylation sites is 1. The lowest BCUT2D eigenvalue weighted by Gasteiger charge is -2.40. The first kappa shape index (κ1) is 24.3. The summed E-state index contributed by atoms with van der Waals surface area (Å²) < 4.78 is 45.7. The summed E-state index contributed by atoms with van der Waals surface area (Å²) in [6.07, 6.45) is 4.21. The van der Waals surface area contributed by atoms with Gasteiger partial charge in [-0.25, -0.2) is 13.2 Å². The number of anilines is 3. The molecule has 0 unspecified atom stereocenters. The number of carbonyl (C=O) groups is 1. The van der Waals surface area contributed by atoms with Gasteiger partial charge in [-0.2, -0.15) is 0 Å². The minimum Gasteiger partial charge on any atom is -0.460 e. The van der Waals surface area contributed by atoms with E-state index in [1.165, 1.54) is 23.1 Å². The van der Waals surface area contributed by atoms with Crippen LogP contribution in [0.5, 0.6) is 0 Å². The molecule has 7 nitrogen and oxygen atoms in total. The molecule has 0 aliphatic carbocycles. The third kappa shape index (κ3) is 5.91. The van der Waals surface area contributed by atoms with Gasteiger partial charge in [-0.15, -0.1) is 0 Å². The summed E-state index contributed by atoms with van der Waals surface area (Å²) in [6.45, 7) is 2.45. The molecule has 1 saturated heterocycles. The van der Waals surface area contributed by atoms with Gasteiger partial charge in [-0.3, -0.25) is 10.2 Å². The number of Topliss-reactive ketones (excluding diaryl/α,β-unsaturated/α-hetero) is 1. The van der Waals surface area contributed by atoms with Crippen molar-refractivity contribution in [3.05, 3.63) is 90.9 Å². The topological polar surface area (TPSA) is 101 Å². The highest BCUT2D eigenvalue weighted by molar-refractivity contribution is 6.50. The molecular formula is C24H22F3N5O2. The van der Waals surface area contributed by atoms with E-state index in [1.807, 2.05) is 0 Å². The van der Waals surface area contributed by atoms with Gasteiger partial charge in [0.1, 0.15) is 11.5 Å². The number of allylic oxidation sites excluding steroid dienone is 3. The predicted molar refractivity (Wildman–Crippen MR) is 126 cm³/mol. The standard InChI is InChI=1S/C24H22F3N5O2/c1-2-34-21(23(33)22(29)20(10-11-28)31-16-6-4-3-5-7-16)13-30-19-9-8-17(12-18(19)25)32-14-24(26,27)15-32/h2-13,28-31H,1,14-15H2/b20-10-,21-13+,28-11?,29-22?. The number of hydrogen-bond donors (Lipinski definition) is 4. The fourth-order valence-corrected chi connectivity index (χ4v) is 3.09. The minimum absolute atomic E-state index is 0.0294. The Bertz CT molecular complexity index is 1150. The number of alkyl halides is 2. The van der Waals surface area contributed by atoms with Gasteiger partial charge in [-0.1, -0.05) is 24.8 Å². The number of ether oxygens (including phenoxy) is 1. The number of ketones is 1. The number of nitrogens with one attached hydrogen (secondary N) is 4. The molecule has 0 aromatic heterocycles. The minimum atomic E-state index is -2.78. The van der Waals surface area contributed by atoms with Crippen molar-refractivity contribution < 1.29 is 22.7 Å². The maximum Gasteiger partial charge on any atom is 0.282 e. The molecular weight excluding hydrogens is 447 g/mol. The van der Waals surface area contributed by atoms with Crippen LogP contribution in [0.3, 0.4) is 0 Å². The van der Waals surface area contributed by atoms with Gasteiger partial charge in [0.2, 0.25) is 5.78 Å². The second kappa shape index (κ2) is 10.5. The Labute approximate surface area is 194 Å². The number of carbonyl (C=O) groups excluding carboxylic acids is 1. The SMILES string of the molecule is C=CO/C(=C/Nc1ccc(N2CC(F)(F)C2)cc1F)C(=O)C(=N)/C(=C/C=N)Nc1ccccc1. The Kier molecular flexibility index (Phi) is 7.52. The highest BCUT2D eigenvalue weighted by Gasteiger charge is 2.44. The van der Waals surface area contributed by atoms with Crippen LogP contribution in [0, 0.1) is 16.6 Å². The number of halogens is 3. The van der Waals surface area contributed by atoms with Crippen LogP contribution in [-0.4, -0.2) is 36.7 Å². The van der Waals surface area contributed by atoms with Crippen LogP contribution in [0.1, 0.15) is 0 Å². The lowest BCUT2D eigenvalue weighted by molar-refractivity contribution is -0.112. The quantitative estimate of drug-likeness (QED) is 0.212.